The first-order valence-corrected chi connectivity index (χ1v) is 7.61. The van der Waals surface area contributed by atoms with Gasteiger partial charge < -0.3 is 9.05 Å². The molecule has 0 amide bonds. The van der Waals surface area contributed by atoms with E-state index in [1.54, 1.807) is 0 Å². The highest BCUT2D eigenvalue weighted by molar-refractivity contribution is 9.09. The van der Waals surface area contributed by atoms with Crippen molar-refractivity contribution in [3.8, 4) is 0 Å². The molecule has 0 saturated carbocycles. The van der Waals surface area contributed by atoms with Gasteiger partial charge in [-0.3, -0.25) is 0 Å². The van der Waals surface area contributed by atoms with Gasteiger partial charge in [-0.1, -0.05) is 31.9 Å². The fourth-order valence-corrected chi connectivity index (χ4v) is 4.32. The predicted molar refractivity (Wildman–Crippen MR) is 49.9 cm³/mol. The molecule has 0 aromatic carbocycles. The molecule has 0 unspecified atom stereocenters. The van der Waals surface area contributed by atoms with E-state index in [0.29, 0.717) is 11.0 Å². The number of hydrogen-bond donors (Lipinski definition) is 0. The molecule has 56 valence electrons. The molecule has 7 heteroatoms. The highest BCUT2D eigenvalue weighted by Crippen LogP contribution is 2.54. The summed E-state index contributed by atoms with van der Waals surface area (Å²) in [6.07, 6.45) is 0. The second-order valence-electron chi connectivity index (χ2n) is 0.907. The van der Waals surface area contributed by atoms with E-state index in [1.807, 2.05) is 0 Å². The lowest BCUT2D eigenvalue weighted by Gasteiger charge is -2.10. The monoisotopic (exact) mass is 316 g/mol. The zero-order chi connectivity index (χ0) is 7.33. The fourth-order valence-electron chi connectivity index (χ4n) is 0.154. The van der Waals surface area contributed by atoms with Crippen LogP contribution in [0.3, 0.4) is 0 Å². The molecule has 0 aromatic heterocycles. The quantitative estimate of drug-likeness (QED) is 0.586. The lowest BCUT2D eigenvalue weighted by molar-refractivity contribution is 0.335. The van der Waals surface area contributed by atoms with Gasteiger partial charge in [0.05, 0.1) is 0 Å². The fraction of sp³-hybridized carbons (Fsp3) is 1.00. The molecule has 0 aliphatic heterocycles. The molecule has 0 fully saturated rings. The van der Waals surface area contributed by atoms with E-state index in [9.17, 15) is 0 Å². The van der Waals surface area contributed by atoms with Crippen molar-refractivity contribution in [3.05, 3.63) is 0 Å². The van der Waals surface area contributed by atoms with Gasteiger partial charge in [0.15, 0.2) is 0 Å². The Bertz CT molecular complexity index is 113. The maximum Gasteiger partial charge on any atom is 0.283 e. The lowest BCUT2D eigenvalue weighted by atomic mass is 11.8. The Morgan fingerprint density at radius 2 is 1.67 bits per heavy atom. The normalized spacial score (nSPS) is 11.9. The van der Waals surface area contributed by atoms with Crippen LogP contribution in [0.2, 0.25) is 0 Å². The summed E-state index contributed by atoms with van der Waals surface area (Å²) < 4.78 is 9.65. The first kappa shape index (κ1) is 10.8. The van der Waals surface area contributed by atoms with Gasteiger partial charge in [0.25, 0.3) is 5.84 Å². The first-order chi connectivity index (χ1) is 4.12. The predicted octanol–water partition coefficient (Wildman–Crippen LogP) is 3.19. The van der Waals surface area contributed by atoms with Crippen molar-refractivity contribution in [3.63, 3.8) is 0 Å². The van der Waals surface area contributed by atoms with Crippen LogP contribution in [0.25, 0.3) is 0 Å². The second-order valence-corrected chi connectivity index (χ2v) is 6.58. The molecular formula is C2H4Br2ClO2PS. The van der Waals surface area contributed by atoms with Crippen LogP contribution >= 0.6 is 48.9 Å². The van der Waals surface area contributed by atoms with Crippen LogP contribution in [-0.2, 0) is 20.9 Å². The van der Waals surface area contributed by atoms with E-state index in [0.717, 1.165) is 0 Å². The second kappa shape index (κ2) is 5.47. The average molecular weight is 318 g/mol. The van der Waals surface area contributed by atoms with Gasteiger partial charge in [0.1, 0.15) is 11.0 Å². The summed E-state index contributed by atoms with van der Waals surface area (Å²) in [5.74, 6) is -2.48. The molecular weight excluding hydrogens is 314 g/mol. The molecule has 2 nitrogen and oxygen atoms in total. The van der Waals surface area contributed by atoms with Crippen molar-refractivity contribution in [2.75, 3.05) is 11.0 Å². The Hall–Kier alpha value is 1.82. The molecule has 0 saturated heterocycles. The third kappa shape index (κ3) is 6.23. The van der Waals surface area contributed by atoms with Crippen molar-refractivity contribution in [1.82, 2.24) is 0 Å². The lowest BCUT2D eigenvalue weighted by Crippen LogP contribution is -1.84. The summed E-state index contributed by atoms with van der Waals surface area (Å²) in [7, 11) is 0. The standard InChI is InChI=1S/C2H4Br2ClO2PS/c3-1-6-8(5,9)7-2-4/h1-2H2. The van der Waals surface area contributed by atoms with Gasteiger partial charge >= 0.3 is 0 Å². The van der Waals surface area contributed by atoms with Gasteiger partial charge in [0, 0.05) is 0 Å². The Kier molecular flexibility index (Phi) is 6.57. The topological polar surface area (TPSA) is 18.5 Å². The molecule has 0 bridgehead atoms. The Labute approximate surface area is 80.5 Å². The molecule has 9 heavy (non-hydrogen) atoms. The molecule has 0 N–H and O–H groups in total. The number of hydrogen-bond acceptors (Lipinski definition) is 3. The first-order valence-electron chi connectivity index (χ1n) is 1.83. The largest absolute Gasteiger partial charge is 0.306 e. The van der Waals surface area contributed by atoms with Gasteiger partial charge in [-0.15, -0.1) is 0 Å². The van der Waals surface area contributed by atoms with E-state index in [-0.39, 0.29) is 0 Å². The summed E-state index contributed by atoms with van der Waals surface area (Å²) >= 11 is 16.3. The Morgan fingerprint density at radius 3 is 1.89 bits per heavy atom. The molecule has 0 aliphatic rings. The van der Waals surface area contributed by atoms with Crippen LogP contribution in [0.5, 0.6) is 0 Å². The van der Waals surface area contributed by atoms with Crippen molar-refractivity contribution in [2.45, 2.75) is 0 Å². The Morgan fingerprint density at radius 1 is 1.33 bits per heavy atom. The van der Waals surface area contributed by atoms with Crippen LogP contribution in [-0.4, -0.2) is 11.0 Å². The van der Waals surface area contributed by atoms with E-state index in [4.69, 9.17) is 32.1 Å². The Balaban J connectivity index is 3.58. The molecule has 0 radical (unpaired) electrons. The van der Waals surface area contributed by atoms with E-state index in [1.165, 1.54) is 0 Å². The van der Waals surface area contributed by atoms with Crippen molar-refractivity contribution in [1.29, 1.82) is 0 Å². The molecule has 0 aliphatic carbocycles. The van der Waals surface area contributed by atoms with Gasteiger partial charge in [-0.2, -0.15) is 0 Å². The summed E-state index contributed by atoms with van der Waals surface area (Å²) in [4.78, 5) is 0. The maximum absolute atomic E-state index is 5.56. The summed E-state index contributed by atoms with van der Waals surface area (Å²) in [5, 5.41) is 0. The number of halogens is 3. The van der Waals surface area contributed by atoms with Gasteiger partial charge in [-0.05, 0) is 23.0 Å². The summed E-state index contributed by atoms with van der Waals surface area (Å²) in [6, 6.07) is 0. The third-order valence-electron chi connectivity index (χ3n) is 0.406. The SMILES string of the molecule is S=P(Cl)(OCBr)OCBr. The summed E-state index contributed by atoms with van der Waals surface area (Å²) in [5.41, 5.74) is 0.613. The highest BCUT2D eigenvalue weighted by Gasteiger charge is 2.12. The molecule has 0 aromatic rings. The third-order valence-corrected chi connectivity index (χ3v) is 3.66. The minimum Gasteiger partial charge on any atom is -0.306 e. The van der Waals surface area contributed by atoms with Gasteiger partial charge in [-0.25, -0.2) is 0 Å². The average Bonchev–Trinajstić information content (AvgIpc) is 1.64. The highest BCUT2D eigenvalue weighted by atomic mass is 79.9. The van der Waals surface area contributed by atoms with Crippen molar-refractivity contribution in [2.24, 2.45) is 0 Å². The molecule has 0 spiro atoms. The smallest absolute Gasteiger partial charge is 0.283 e. The number of alkyl halides is 2. The zero-order valence-corrected chi connectivity index (χ0v) is 9.86. The van der Waals surface area contributed by atoms with E-state index < -0.39 is 5.84 Å². The minimum absolute atomic E-state index is 0.306. The van der Waals surface area contributed by atoms with Crippen molar-refractivity contribution >= 4 is 60.8 Å². The van der Waals surface area contributed by atoms with Gasteiger partial charge in [0.2, 0.25) is 0 Å². The van der Waals surface area contributed by atoms with Crippen molar-refractivity contribution < 1.29 is 9.05 Å². The molecule has 0 atom stereocenters. The van der Waals surface area contributed by atoms with Crippen LogP contribution in [0.15, 0.2) is 0 Å². The zero-order valence-electron chi connectivity index (χ0n) is 4.22. The van der Waals surface area contributed by atoms with Crippen LogP contribution in [0, 0.1) is 0 Å². The van der Waals surface area contributed by atoms with E-state index >= 15 is 0 Å². The van der Waals surface area contributed by atoms with Crippen LogP contribution < -0.4 is 0 Å². The summed E-state index contributed by atoms with van der Waals surface area (Å²) in [6.45, 7) is 0. The van der Waals surface area contributed by atoms with E-state index in [2.05, 4.69) is 31.9 Å². The molecule has 0 rings (SSSR count). The van der Waals surface area contributed by atoms with Crippen LogP contribution in [0.4, 0.5) is 0 Å². The van der Waals surface area contributed by atoms with Crippen LogP contribution in [0.1, 0.15) is 0 Å². The number of rotatable bonds is 4. The minimum atomic E-state index is -2.48. The molecule has 0 heterocycles. The maximum atomic E-state index is 5.56.